The number of aliphatic carboxylic acids is 1. The molecular weight excluding hydrogens is 223 g/mol. The summed E-state index contributed by atoms with van der Waals surface area (Å²) in [6, 6.07) is 3.67. The average Bonchev–Trinajstić information content (AvgIpc) is 2.12. The Morgan fingerprint density at radius 3 is 2.67 bits per heavy atom. The molecule has 0 aromatic heterocycles. The van der Waals surface area contributed by atoms with E-state index in [0.717, 1.165) is 12.1 Å². The molecule has 82 valence electrons. The third kappa shape index (κ3) is 3.85. The van der Waals surface area contributed by atoms with Gasteiger partial charge in [-0.05, 0) is 30.2 Å². The summed E-state index contributed by atoms with van der Waals surface area (Å²) in [6.45, 7) is 0. The summed E-state index contributed by atoms with van der Waals surface area (Å²) >= 11 is 5.59. The Bertz CT molecular complexity index is 347. The van der Waals surface area contributed by atoms with Gasteiger partial charge in [-0.3, -0.25) is 4.79 Å². The summed E-state index contributed by atoms with van der Waals surface area (Å²) < 4.78 is 12.9. The fourth-order valence-electron chi connectivity index (χ4n) is 1.19. The van der Waals surface area contributed by atoms with E-state index in [-0.39, 0.29) is 17.9 Å². The van der Waals surface area contributed by atoms with Crippen molar-refractivity contribution in [1.82, 2.24) is 0 Å². The summed E-state index contributed by atoms with van der Waals surface area (Å²) in [7, 11) is 0. The highest BCUT2D eigenvalue weighted by Gasteiger charge is 2.11. The van der Waals surface area contributed by atoms with Crippen molar-refractivity contribution >= 4 is 17.6 Å². The van der Waals surface area contributed by atoms with E-state index < -0.39 is 17.9 Å². The quantitative estimate of drug-likeness (QED) is 0.838. The van der Waals surface area contributed by atoms with Crippen LogP contribution in [0.3, 0.4) is 0 Å². The smallest absolute Gasteiger partial charge is 0.303 e. The lowest BCUT2D eigenvalue weighted by atomic mass is 10.1. The van der Waals surface area contributed by atoms with Crippen LogP contribution in [0.5, 0.6) is 0 Å². The topological polar surface area (TPSA) is 57.5 Å². The van der Waals surface area contributed by atoms with Crippen LogP contribution < -0.4 is 0 Å². The minimum Gasteiger partial charge on any atom is -0.481 e. The van der Waals surface area contributed by atoms with Crippen LogP contribution in [-0.2, 0) is 4.79 Å². The van der Waals surface area contributed by atoms with Crippen LogP contribution in [0.25, 0.3) is 0 Å². The molecule has 0 bridgehead atoms. The minimum atomic E-state index is -1.01. The van der Waals surface area contributed by atoms with Gasteiger partial charge in [-0.15, -0.1) is 0 Å². The largest absolute Gasteiger partial charge is 0.481 e. The van der Waals surface area contributed by atoms with Gasteiger partial charge in [0, 0.05) is 11.4 Å². The Labute approximate surface area is 91.1 Å². The average molecular weight is 233 g/mol. The molecule has 1 unspecified atom stereocenters. The van der Waals surface area contributed by atoms with Crippen molar-refractivity contribution in [3.63, 3.8) is 0 Å². The third-order valence-corrected chi connectivity index (χ3v) is 2.12. The van der Waals surface area contributed by atoms with E-state index in [1.54, 1.807) is 0 Å². The van der Waals surface area contributed by atoms with Gasteiger partial charge < -0.3 is 10.2 Å². The maximum atomic E-state index is 12.9. The van der Waals surface area contributed by atoms with Crippen molar-refractivity contribution in [1.29, 1.82) is 0 Å². The number of rotatable bonds is 4. The second-order valence-electron chi connectivity index (χ2n) is 3.15. The highest BCUT2D eigenvalue weighted by molar-refractivity contribution is 6.30. The predicted molar refractivity (Wildman–Crippen MR) is 53.2 cm³/mol. The second-order valence-corrected chi connectivity index (χ2v) is 3.59. The molecule has 2 N–H and O–H groups in total. The van der Waals surface area contributed by atoms with Crippen LogP contribution >= 0.6 is 11.6 Å². The lowest BCUT2D eigenvalue weighted by molar-refractivity contribution is -0.137. The molecule has 0 saturated heterocycles. The molecule has 0 aliphatic heterocycles. The fraction of sp³-hybridized carbons (Fsp3) is 0.300. The first-order valence-electron chi connectivity index (χ1n) is 4.35. The molecule has 0 spiro atoms. The summed E-state index contributed by atoms with van der Waals surface area (Å²) in [6.07, 6.45) is -1.14. The van der Waals surface area contributed by atoms with Gasteiger partial charge in [-0.1, -0.05) is 11.6 Å². The lowest BCUT2D eigenvalue weighted by Crippen LogP contribution is -2.02. The first-order chi connectivity index (χ1) is 6.99. The van der Waals surface area contributed by atoms with Gasteiger partial charge in [0.25, 0.3) is 0 Å². The monoisotopic (exact) mass is 232 g/mol. The number of carboxylic acid groups (broad SMARTS) is 1. The van der Waals surface area contributed by atoms with E-state index in [0.29, 0.717) is 5.56 Å². The zero-order valence-electron chi connectivity index (χ0n) is 7.78. The van der Waals surface area contributed by atoms with Gasteiger partial charge in [0.2, 0.25) is 0 Å². The van der Waals surface area contributed by atoms with E-state index >= 15 is 0 Å². The van der Waals surface area contributed by atoms with Gasteiger partial charge >= 0.3 is 5.97 Å². The summed E-state index contributed by atoms with van der Waals surface area (Å²) in [5.41, 5.74) is 0.293. The van der Waals surface area contributed by atoms with Crippen LogP contribution in [0.2, 0.25) is 5.02 Å². The normalized spacial score (nSPS) is 12.5. The highest BCUT2D eigenvalue weighted by atomic mass is 35.5. The van der Waals surface area contributed by atoms with E-state index in [4.69, 9.17) is 16.7 Å². The van der Waals surface area contributed by atoms with Crippen LogP contribution in [0.1, 0.15) is 24.5 Å². The molecule has 0 saturated carbocycles. The number of aliphatic hydroxyl groups is 1. The summed E-state index contributed by atoms with van der Waals surface area (Å²) in [4.78, 5) is 10.3. The lowest BCUT2D eigenvalue weighted by Gasteiger charge is -2.09. The molecule has 1 aromatic rings. The van der Waals surface area contributed by atoms with Crippen molar-refractivity contribution in [3.05, 3.63) is 34.6 Å². The fourth-order valence-corrected chi connectivity index (χ4v) is 1.42. The molecule has 1 aromatic carbocycles. The molecule has 0 fully saturated rings. The number of aliphatic hydroxyl groups excluding tert-OH is 1. The summed E-state index contributed by atoms with van der Waals surface area (Å²) in [5.74, 6) is -1.55. The predicted octanol–water partition coefficient (Wildman–Crippen LogP) is 2.38. The Hall–Kier alpha value is -1.13. The van der Waals surface area contributed by atoms with Gasteiger partial charge in [0.05, 0.1) is 6.10 Å². The number of halogens is 2. The van der Waals surface area contributed by atoms with Crippen molar-refractivity contribution in [2.45, 2.75) is 18.9 Å². The molecule has 0 radical (unpaired) electrons. The van der Waals surface area contributed by atoms with Crippen LogP contribution in [0.15, 0.2) is 18.2 Å². The van der Waals surface area contributed by atoms with Gasteiger partial charge in [0.15, 0.2) is 0 Å². The SMILES string of the molecule is O=C(O)CCC(O)c1cc(F)cc(Cl)c1. The number of benzene rings is 1. The van der Waals surface area contributed by atoms with Gasteiger partial charge in [-0.25, -0.2) is 4.39 Å². The van der Waals surface area contributed by atoms with Crippen molar-refractivity contribution in [3.8, 4) is 0 Å². The number of hydrogen-bond donors (Lipinski definition) is 2. The third-order valence-electron chi connectivity index (χ3n) is 1.90. The van der Waals surface area contributed by atoms with E-state index in [1.807, 2.05) is 0 Å². The molecule has 3 nitrogen and oxygen atoms in total. The molecule has 0 heterocycles. The molecule has 1 atom stereocenters. The maximum absolute atomic E-state index is 12.9. The zero-order valence-corrected chi connectivity index (χ0v) is 8.54. The maximum Gasteiger partial charge on any atom is 0.303 e. The minimum absolute atomic E-state index is 0.0368. The van der Waals surface area contributed by atoms with Crippen LogP contribution in [0, 0.1) is 5.82 Å². The number of carbonyl (C=O) groups is 1. The molecule has 1 rings (SSSR count). The van der Waals surface area contributed by atoms with Crippen LogP contribution in [-0.4, -0.2) is 16.2 Å². The zero-order chi connectivity index (χ0) is 11.4. The van der Waals surface area contributed by atoms with Crippen molar-refractivity contribution in [2.75, 3.05) is 0 Å². The van der Waals surface area contributed by atoms with Gasteiger partial charge in [-0.2, -0.15) is 0 Å². The Morgan fingerprint density at radius 2 is 2.13 bits per heavy atom. The highest BCUT2D eigenvalue weighted by Crippen LogP contribution is 2.22. The molecule has 15 heavy (non-hydrogen) atoms. The number of hydrogen-bond acceptors (Lipinski definition) is 2. The van der Waals surface area contributed by atoms with Gasteiger partial charge in [0.1, 0.15) is 5.82 Å². The Balaban J connectivity index is 2.72. The first kappa shape index (κ1) is 11.9. The van der Waals surface area contributed by atoms with Crippen LogP contribution in [0.4, 0.5) is 4.39 Å². The Kier molecular flexibility index (Phi) is 4.05. The van der Waals surface area contributed by atoms with Crippen molar-refractivity contribution < 1.29 is 19.4 Å². The standard InChI is InChI=1S/C10H10ClFO3/c11-7-3-6(4-8(12)5-7)9(13)1-2-10(14)15/h3-5,9,13H,1-2H2,(H,14,15). The Morgan fingerprint density at radius 1 is 1.47 bits per heavy atom. The molecule has 0 amide bonds. The van der Waals surface area contributed by atoms with Crippen molar-refractivity contribution in [2.24, 2.45) is 0 Å². The first-order valence-corrected chi connectivity index (χ1v) is 4.72. The van der Waals surface area contributed by atoms with E-state index in [9.17, 15) is 14.3 Å². The summed E-state index contributed by atoms with van der Waals surface area (Å²) in [5, 5.41) is 18.1. The second kappa shape index (κ2) is 5.09. The van der Waals surface area contributed by atoms with E-state index in [2.05, 4.69) is 0 Å². The van der Waals surface area contributed by atoms with E-state index in [1.165, 1.54) is 6.07 Å². The number of carboxylic acids is 1. The molecule has 0 aliphatic carbocycles. The molecule has 0 aliphatic rings. The molecular formula is C10H10ClFO3. The molecule has 5 heteroatoms.